The Labute approximate surface area is 210 Å². The Morgan fingerprint density at radius 2 is 1.84 bits per heavy atom. The molecule has 0 spiro atoms. The van der Waals surface area contributed by atoms with Crippen LogP contribution in [0.3, 0.4) is 0 Å². The lowest BCUT2D eigenvalue weighted by Gasteiger charge is -2.11. The molecule has 37 heavy (non-hydrogen) atoms. The number of rotatable bonds is 6. The number of hydrogen-bond donors (Lipinski definition) is 2. The Hall–Kier alpha value is -4.52. The number of pyridine rings is 1. The molecular formula is C24H16F4N6O2S. The summed E-state index contributed by atoms with van der Waals surface area (Å²) in [6, 6.07) is 10.1. The molecule has 0 aliphatic rings. The van der Waals surface area contributed by atoms with Gasteiger partial charge in [0.05, 0.1) is 22.3 Å². The van der Waals surface area contributed by atoms with Gasteiger partial charge < -0.3 is 14.6 Å². The van der Waals surface area contributed by atoms with Gasteiger partial charge in [0.1, 0.15) is 23.0 Å². The van der Waals surface area contributed by atoms with E-state index in [2.05, 4.69) is 25.6 Å². The number of hydrogen-bond acceptors (Lipinski definition) is 7. The number of thiazole rings is 1. The maximum absolute atomic E-state index is 14.2. The number of aromatic nitrogens is 4. The monoisotopic (exact) mass is 528 g/mol. The summed E-state index contributed by atoms with van der Waals surface area (Å²) in [5.74, 6) is -0.427. The fraction of sp³-hybridized carbons (Fsp3) is 0.0833. The van der Waals surface area contributed by atoms with Crippen LogP contribution in [0.15, 0.2) is 66.3 Å². The summed E-state index contributed by atoms with van der Waals surface area (Å²) in [6.07, 6.45) is -1.62. The molecule has 0 unspecified atom stereocenters. The third-order valence-electron chi connectivity index (χ3n) is 5.24. The van der Waals surface area contributed by atoms with E-state index in [0.717, 1.165) is 6.07 Å². The molecule has 2 aromatic carbocycles. The molecular weight excluding hydrogens is 512 g/mol. The molecule has 0 fully saturated rings. The maximum Gasteiger partial charge on any atom is 0.416 e. The van der Waals surface area contributed by atoms with E-state index in [-0.39, 0.29) is 17.3 Å². The average Bonchev–Trinajstić information content (AvgIpc) is 3.47. The number of carbonyl (C=O) groups excluding carboxylic acids is 1. The number of carbonyl (C=O) groups is 1. The zero-order valence-corrected chi connectivity index (χ0v) is 19.7. The molecule has 188 valence electrons. The number of ether oxygens (including phenoxy) is 1. The van der Waals surface area contributed by atoms with E-state index in [4.69, 9.17) is 4.74 Å². The van der Waals surface area contributed by atoms with Crippen molar-refractivity contribution in [1.29, 1.82) is 0 Å². The first-order valence-corrected chi connectivity index (χ1v) is 11.5. The van der Waals surface area contributed by atoms with Crippen LogP contribution in [0, 0.1) is 5.82 Å². The fourth-order valence-electron chi connectivity index (χ4n) is 3.45. The summed E-state index contributed by atoms with van der Waals surface area (Å²) in [5, 5.41) is 7.44. The molecule has 13 heteroatoms. The van der Waals surface area contributed by atoms with E-state index in [9.17, 15) is 22.4 Å². The number of fused-ring (bicyclic) bond motifs is 1. The van der Waals surface area contributed by atoms with Crippen LogP contribution in [0.5, 0.6) is 11.5 Å². The number of imidazole rings is 1. The van der Waals surface area contributed by atoms with Crippen LogP contribution in [0.4, 0.5) is 34.3 Å². The van der Waals surface area contributed by atoms with Crippen molar-refractivity contribution in [2.75, 3.05) is 10.6 Å². The van der Waals surface area contributed by atoms with E-state index in [1.807, 2.05) is 0 Å². The zero-order chi connectivity index (χ0) is 26.2. The van der Waals surface area contributed by atoms with E-state index in [1.54, 1.807) is 47.5 Å². The summed E-state index contributed by atoms with van der Waals surface area (Å²) in [7, 11) is 1.64. The number of amides is 1. The number of aryl methyl sites for hydroxylation is 1. The van der Waals surface area contributed by atoms with E-state index >= 15 is 0 Å². The molecule has 3 heterocycles. The Morgan fingerprint density at radius 1 is 1.03 bits per heavy atom. The van der Waals surface area contributed by atoms with Crippen LogP contribution in [-0.2, 0) is 13.2 Å². The predicted octanol–water partition coefficient (Wildman–Crippen LogP) is 6.37. The van der Waals surface area contributed by atoms with Gasteiger partial charge in [-0.05, 0) is 36.4 Å². The lowest BCUT2D eigenvalue weighted by Crippen LogP contribution is -2.13. The quantitative estimate of drug-likeness (QED) is 0.249. The minimum Gasteiger partial charge on any atom is -0.457 e. The summed E-state index contributed by atoms with van der Waals surface area (Å²) in [6.45, 7) is 0. The molecule has 3 aromatic heterocycles. The first kappa shape index (κ1) is 24.2. The van der Waals surface area contributed by atoms with Crippen LogP contribution >= 0.6 is 11.3 Å². The molecule has 5 rings (SSSR count). The second kappa shape index (κ2) is 9.50. The van der Waals surface area contributed by atoms with Crippen molar-refractivity contribution < 1.29 is 27.1 Å². The Morgan fingerprint density at radius 3 is 2.59 bits per heavy atom. The highest BCUT2D eigenvalue weighted by Crippen LogP contribution is 2.33. The summed E-state index contributed by atoms with van der Waals surface area (Å²) < 4.78 is 60.8. The SMILES string of the molecule is Cn1c(Nc2cc(C(F)(F)F)ccc2F)nc2cc(Oc3ccnc(C(=O)Nc4nccs4)c3)ccc21. The number of halogens is 4. The normalized spacial score (nSPS) is 11.5. The summed E-state index contributed by atoms with van der Waals surface area (Å²) in [4.78, 5) is 24.8. The minimum absolute atomic E-state index is 0.126. The minimum atomic E-state index is -4.61. The molecule has 2 N–H and O–H groups in total. The molecule has 0 saturated heterocycles. The van der Waals surface area contributed by atoms with Crippen LogP contribution in [0.1, 0.15) is 16.1 Å². The third-order valence-corrected chi connectivity index (χ3v) is 5.93. The Kier molecular flexibility index (Phi) is 6.21. The van der Waals surface area contributed by atoms with E-state index < -0.39 is 23.5 Å². The van der Waals surface area contributed by atoms with Gasteiger partial charge in [0.25, 0.3) is 5.91 Å². The van der Waals surface area contributed by atoms with Gasteiger partial charge in [-0.15, -0.1) is 11.3 Å². The zero-order valence-electron chi connectivity index (χ0n) is 18.9. The topological polar surface area (TPSA) is 94.0 Å². The van der Waals surface area contributed by atoms with Gasteiger partial charge in [-0.25, -0.2) is 14.4 Å². The number of nitrogens with zero attached hydrogens (tertiary/aromatic N) is 4. The number of anilines is 3. The van der Waals surface area contributed by atoms with E-state index in [1.165, 1.54) is 23.6 Å². The van der Waals surface area contributed by atoms with Crippen molar-refractivity contribution >= 4 is 45.0 Å². The molecule has 1 amide bonds. The van der Waals surface area contributed by atoms with Crippen molar-refractivity contribution in [1.82, 2.24) is 19.5 Å². The third kappa shape index (κ3) is 5.21. The van der Waals surface area contributed by atoms with Crippen LogP contribution in [0.25, 0.3) is 11.0 Å². The molecule has 0 aliphatic heterocycles. The van der Waals surface area contributed by atoms with Gasteiger partial charge in [-0.3, -0.25) is 15.1 Å². The summed E-state index contributed by atoms with van der Waals surface area (Å²) in [5.41, 5.74) is -0.139. The lowest BCUT2D eigenvalue weighted by atomic mass is 10.2. The first-order chi connectivity index (χ1) is 17.7. The molecule has 5 aromatic rings. The smallest absolute Gasteiger partial charge is 0.416 e. The molecule has 0 saturated carbocycles. The van der Waals surface area contributed by atoms with Crippen molar-refractivity contribution in [3.63, 3.8) is 0 Å². The van der Waals surface area contributed by atoms with E-state index in [0.29, 0.717) is 39.8 Å². The molecule has 0 bridgehead atoms. The lowest BCUT2D eigenvalue weighted by molar-refractivity contribution is -0.137. The number of benzene rings is 2. The number of alkyl halides is 3. The van der Waals surface area contributed by atoms with Crippen molar-refractivity contribution in [3.05, 3.63) is 83.4 Å². The number of nitrogens with one attached hydrogen (secondary N) is 2. The standard InChI is InChI=1S/C24H16F4N6O2S/c1-34-20-5-3-14(36-15-6-7-29-19(12-15)21(35)33-23-30-8-9-37-23)11-18(20)32-22(34)31-17-10-13(24(26,27)28)2-4-16(17)25/h2-12H,1H3,(H,31,32)(H,30,33,35). The second-order valence-corrected chi connectivity index (χ2v) is 8.63. The molecule has 0 atom stereocenters. The maximum atomic E-state index is 14.2. The van der Waals surface area contributed by atoms with Crippen molar-refractivity contribution in [2.45, 2.75) is 6.18 Å². The van der Waals surface area contributed by atoms with Gasteiger partial charge in [0.15, 0.2) is 5.13 Å². The fourth-order valence-corrected chi connectivity index (χ4v) is 3.98. The first-order valence-electron chi connectivity index (χ1n) is 10.6. The Balaban J connectivity index is 1.37. The van der Waals surface area contributed by atoms with Gasteiger partial charge in [-0.2, -0.15) is 13.2 Å². The highest BCUT2D eigenvalue weighted by molar-refractivity contribution is 7.13. The molecule has 0 radical (unpaired) electrons. The largest absolute Gasteiger partial charge is 0.457 e. The van der Waals surface area contributed by atoms with Gasteiger partial charge >= 0.3 is 6.18 Å². The van der Waals surface area contributed by atoms with Gasteiger partial charge in [0, 0.05) is 37.0 Å². The average molecular weight is 528 g/mol. The second-order valence-electron chi connectivity index (χ2n) is 7.73. The van der Waals surface area contributed by atoms with Gasteiger partial charge in [-0.1, -0.05) is 0 Å². The van der Waals surface area contributed by atoms with Crippen molar-refractivity contribution in [2.24, 2.45) is 7.05 Å². The predicted molar refractivity (Wildman–Crippen MR) is 130 cm³/mol. The van der Waals surface area contributed by atoms with Crippen LogP contribution < -0.4 is 15.4 Å². The van der Waals surface area contributed by atoms with Crippen LogP contribution in [-0.4, -0.2) is 25.4 Å². The van der Waals surface area contributed by atoms with Gasteiger partial charge in [0.2, 0.25) is 5.95 Å². The Bertz CT molecular complexity index is 1600. The molecule has 8 nitrogen and oxygen atoms in total. The van der Waals surface area contributed by atoms with Crippen molar-refractivity contribution in [3.8, 4) is 11.5 Å². The summed E-state index contributed by atoms with van der Waals surface area (Å²) >= 11 is 1.27. The highest BCUT2D eigenvalue weighted by atomic mass is 32.1. The highest BCUT2D eigenvalue weighted by Gasteiger charge is 2.31. The van der Waals surface area contributed by atoms with Crippen LogP contribution in [0.2, 0.25) is 0 Å². The molecule has 0 aliphatic carbocycles.